The number of thioether (sulfide) groups is 1. The van der Waals surface area contributed by atoms with E-state index in [1.54, 1.807) is 18.2 Å². The molecule has 124 valence electrons. The Morgan fingerprint density at radius 3 is 3.04 bits per heavy atom. The van der Waals surface area contributed by atoms with Crippen LogP contribution in [-0.2, 0) is 11.8 Å². The van der Waals surface area contributed by atoms with Gasteiger partial charge in [-0.25, -0.2) is 0 Å². The first kappa shape index (κ1) is 15.2. The number of fused-ring (bicyclic) bond motifs is 1. The quantitative estimate of drug-likeness (QED) is 0.659. The van der Waals surface area contributed by atoms with E-state index in [0.29, 0.717) is 22.9 Å². The van der Waals surface area contributed by atoms with Gasteiger partial charge in [0, 0.05) is 18.5 Å². The van der Waals surface area contributed by atoms with Crippen LogP contribution in [0.5, 0.6) is 5.75 Å². The lowest BCUT2D eigenvalue weighted by Crippen LogP contribution is -2.25. The number of hydrogen-bond donors (Lipinski definition) is 1. The zero-order valence-corrected chi connectivity index (χ0v) is 13.9. The Balaban J connectivity index is 1.44. The largest absolute Gasteiger partial charge is 0.482 e. The van der Waals surface area contributed by atoms with Crippen molar-refractivity contribution < 1.29 is 14.3 Å². The predicted molar refractivity (Wildman–Crippen MR) is 88.6 cm³/mol. The second-order valence-corrected chi connectivity index (χ2v) is 6.88. The summed E-state index contributed by atoms with van der Waals surface area (Å²) in [4.78, 5) is 23.8. The molecule has 1 aromatic heterocycles. The van der Waals surface area contributed by atoms with Crippen LogP contribution in [0.4, 0.5) is 5.69 Å². The van der Waals surface area contributed by atoms with E-state index in [-0.39, 0.29) is 24.1 Å². The Labute approximate surface area is 142 Å². The number of ether oxygens (including phenoxy) is 1. The summed E-state index contributed by atoms with van der Waals surface area (Å²) in [5.41, 5.74) is 1.08. The number of carbonyl (C=O) groups is 2. The maximum absolute atomic E-state index is 12.4. The topological polar surface area (TPSA) is 86.1 Å². The molecule has 7 nitrogen and oxygen atoms in total. The lowest BCUT2D eigenvalue weighted by Gasteiger charge is -2.18. The number of amides is 1. The summed E-state index contributed by atoms with van der Waals surface area (Å²) in [6.45, 7) is 0.00559. The van der Waals surface area contributed by atoms with Crippen molar-refractivity contribution in [3.8, 4) is 5.75 Å². The van der Waals surface area contributed by atoms with E-state index in [4.69, 9.17) is 4.74 Å². The van der Waals surface area contributed by atoms with Crippen LogP contribution < -0.4 is 10.1 Å². The van der Waals surface area contributed by atoms with Crippen molar-refractivity contribution in [3.63, 3.8) is 0 Å². The van der Waals surface area contributed by atoms with E-state index in [1.807, 2.05) is 11.6 Å². The van der Waals surface area contributed by atoms with E-state index in [9.17, 15) is 9.59 Å². The summed E-state index contributed by atoms with van der Waals surface area (Å²) in [7, 11) is 1.94. The SMILES string of the molecule is Cn1c(SCC(=O)c2ccc3c(c2)NC(=O)CO3)nnc1C1CC1. The third-order valence-corrected chi connectivity index (χ3v) is 5.10. The Hall–Kier alpha value is -2.35. The highest BCUT2D eigenvalue weighted by atomic mass is 32.2. The molecule has 4 rings (SSSR count). The van der Waals surface area contributed by atoms with Gasteiger partial charge < -0.3 is 14.6 Å². The first-order chi connectivity index (χ1) is 11.6. The third kappa shape index (κ3) is 2.89. The minimum atomic E-state index is -0.215. The lowest BCUT2D eigenvalue weighted by atomic mass is 10.1. The van der Waals surface area contributed by atoms with Gasteiger partial charge in [-0.1, -0.05) is 11.8 Å². The van der Waals surface area contributed by atoms with E-state index in [0.717, 1.165) is 11.0 Å². The summed E-state index contributed by atoms with van der Waals surface area (Å²) >= 11 is 1.38. The fourth-order valence-corrected chi connectivity index (χ4v) is 3.43. The van der Waals surface area contributed by atoms with E-state index in [2.05, 4.69) is 15.5 Å². The summed E-state index contributed by atoms with van der Waals surface area (Å²) in [5, 5.41) is 11.8. The van der Waals surface area contributed by atoms with Gasteiger partial charge in [-0.15, -0.1) is 10.2 Å². The highest BCUT2D eigenvalue weighted by molar-refractivity contribution is 7.99. The van der Waals surface area contributed by atoms with Crippen molar-refractivity contribution in [1.82, 2.24) is 14.8 Å². The molecule has 0 unspecified atom stereocenters. The zero-order chi connectivity index (χ0) is 16.7. The highest BCUT2D eigenvalue weighted by Crippen LogP contribution is 2.39. The van der Waals surface area contributed by atoms with Gasteiger partial charge in [0.05, 0.1) is 11.4 Å². The number of nitrogens with one attached hydrogen (secondary N) is 1. The molecule has 1 N–H and O–H groups in total. The van der Waals surface area contributed by atoms with Crippen LogP contribution in [0.2, 0.25) is 0 Å². The van der Waals surface area contributed by atoms with Gasteiger partial charge in [0.25, 0.3) is 5.91 Å². The first-order valence-electron chi connectivity index (χ1n) is 7.74. The molecule has 0 saturated heterocycles. The van der Waals surface area contributed by atoms with Crippen LogP contribution in [0.25, 0.3) is 0 Å². The van der Waals surface area contributed by atoms with Crippen LogP contribution in [0.1, 0.15) is 34.9 Å². The second kappa shape index (κ2) is 5.94. The minimum Gasteiger partial charge on any atom is -0.482 e. The molecule has 8 heteroatoms. The first-order valence-corrected chi connectivity index (χ1v) is 8.72. The molecule has 0 atom stereocenters. The molecule has 1 saturated carbocycles. The molecule has 1 amide bonds. The summed E-state index contributed by atoms with van der Waals surface area (Å²) in [6, 6.07) is 5.08. The van der Waals surface area contributed by atoms with Gasteiger partial charge in [-0.05, 0) is 31.0 Å². The smallest absolute Gasteiger partial charge is 0.262 e. The van der Waals surface area contributed by atoms with Crippen LogP contribution in [0, 0.1) is 0 Å². The minimum absolute atomic E-state index is 0.00559. The van der Waals surface area contributed by atoms with Crippen molar-refractivity contribution in [3.05, 3.63) is 29.6 Å². The van der Waals surface area contributed by atoms with Gasteiger partial charge in [0.15, 0.2) is 17.5 Å². The monoisotopic (exact) mass is 344 g/mol. The lowest BCUT2D eigenvalue weighted by molar-refractivity contribution is -0.118. The number of ketones is 1. The highest BCUT2D eigenvalue weighted by Gasteiger charge is 2.29. The molecule has 24 heavy (non-hydrogen) atoms. The predicted octanol–water partition coefficient (Wildman–Crippen LogP) is 2.00. The third-order valence-electron chi connectivity index (χ3n) is 4.08. The molecule has 2 aromatic rings. The standard InChI is InChI=1S/C16H16N4O3S/c1-20-15(9-2-3-9)18-19-16(20)24-8-12(21)10-4-5-13-11(6-10)17-14(22)7-23-13/h4-6,9H,2-3,7-8H2,1H3,(H,17,22). The van der Waals surface area contributed by atoms with Crippen molar-refractivity contribution in [2.45, 2.75) is 23.9 Å². The summed E-state index contributed by atoms with van der Waals surface area (Å²) in [5.74, 6) is 2.13. The van der Waals surface area contributed by atoms with Crippen molar-refractivity contribution >= 4 is 29.1 Å². The maximum Gasteiger partial charge on any atom is 0.262 e. The molecule has 1 aromatic carbocycles. The van der Waals surface area contributed by atoms with Crippen LogP contribution in [0.15, 0.2) is 23.4 Å². The normalized spacial score (nSPS) is 16.3. The Kier molecular flexibility index (Phi) is 3.76. The zero-order valence-electron chi connectivity index (χ0n) is 13.1. The number of nitrogens with zero attached hydrogens (tertiary/aromatic N) is 3. The molecule has 0 radical (unpaired) electrons. The molecule has 2 heterocycles. The molecule has 0 spiro atoms. The average molecular weight is 344 g/mol. The number of carbonyl (C=O) groups excluding carboxylic acids is 2. The number of rotatable bonds is 5. The molecule has 1 fully saturated rings. The Bertz CT molecular complexity index is 829. The maximum atomic E-state index is 12.4. The number of anilines is 1. The molecular formula is C16H16N4O3S. The van der Waals surface area contributed by atoms with Gasteiger partial charge in [-0.2, -0.15) is 0 Å². The number of aromatic nitrogens is 3. The van der Waals surface area contributed by atoms with Gasteiger partial charge >= 0.3 is 0 Å². The Morgan fingerprint density at radius 2 is 2.25 bits per heavy atom. The molecular weight excluding hydrogens is 328 g/mol. The van der Waals surface area contributed by atoms with E-state index in [1.165, 1.54) is 24.6 Å². The molecule has 1 aliphatic heterocycles. The molecule has 0 bridgehead atoms. The number of benzene rings is 1. The fourth-order valence-electron chi connectivity index (χ4n) is 2.62. The molecule has 1 aliphatic carbocycles. The van der Waals surface area contributed by atoms with Crippen LogP contribution in [-0.4, -0.2) is 38.8 Å². The van der Waals surface area contributed by atoms with Crippen LogP contribution in [0.3, 0.4) is 0 Å². The average Bonchev–Trinajstić information content (AvgIpc) is 3.35. The van der Waals surface area contributed by atoms with Crippen molar-refractivity contribution in [2.24, 2.45) is 7.05 Å². The van der Waals surface area contributed by atoms with Crippen molar-refractivity contribution in [2.75, 3.05) is 17.7 Å². The summed E-state index contributed by atoms with van der Waals surface area (Å²) in [6.07, 6.45) is 2.33. The second-order valence-electron chi connectivity index (χ2n) is 5.93. The van der Waals surface area contributed by atoms with Gasteiger partial charge in [0.1, 0.15) is 11.6 Å². The van der Waals surface area contributed by atoms with Crippen molar-refractivity contribution in [1.29, 1.82) is 0 Å². The van der Waals surface area contributed by atoms with Gasteiger partial charge in [0.2, 0.25) is 0 Å². The van der Waals surface area contributed by atoms with E-state index < -0.39 is 0 Å². The molecule has 2 aliphatic rings. The Morgan fingerprint density at radius 1 is 1.42 bits per heavy atom. The summed E-state index contributed by atoms with van der Waals surface area (Å²) < 4.78 is 7.27. The van der Waals surface area contributed by atoms with E-state index >= 15 is 0 Å². The number of hydrogen-bond acceptors (Lipinski definition) is 6. The number of Topliss-reactive ketones (excluding diaryl/α,β-unsaturated/α-hetero) is 1. The van der Waals surface area contributed by atoms with Crippen LogP contribution >= 0.6 is 11.8 Å². The fraction of sp³-hybridized carbons (Fsp3) is 0.375. The van der Waals surface area contributed by atoms with Gasteiger partial charge in [-0.3, -0.25) is 9.59 Å².